The van der Waals surface area contributed by atoms with Crippen LogP contribution in [0.25, 0.3) is 0 Å². The van der Waals surface area contributed by atoms with Crippen molar-refractivity contribution in [3.63, 3.8) is 0 Å². The molecule has 2 rings (SSSR count). The number of aromatic nitrogens is 1. The molecule has 0 aliphatic heterocycles. The molecule has 0 spiro atoms. The zero-order valence-corrected chi connectivity index (χ0v) is 7.66. The van der Waals surface area contributed by atoms with Crippen molar-refractivity contribution in [3.8, 4) is 5.75 Å². The second kappa shape index (κ2) is 3.00. The van der Waals surface area contributed by atoms with Crippen LogP contribution < -0.4 is 4.74 Å². The van der Waals surface area contributed by atoms with Crippen LogP contribution in [0.15, 0.2) is 18.5 Å². The lowest BCUT2D eigenvalue weighted by Crippen LogP contribution is -2.10. The molecule has 0 bridgehead atoms. The molecule has 0 saturated heterocycles. The van der Waals surface area contributed by atoms with Crippen LogP contribution in [0.3, 0.4) is 0 Å². The van der Waals surface area contributed by atoms with Crippen molar-refractivity contribution in [2.45, 2.75) is 24.9 Å². The summed E-state index contributed by atoms with van der Waals surface area (Å²) in [6.45, 7) is 0. The number of aliphatic hydroxyl groups is 1. The predicted octanol–water partition coefficient (Wildman–Crippen LogP) is 1.16. The maximum absolute atomic E-state index is 9.68. The molecule has 3 nitrogen and oxygen atoms in total. The highest BCUT2D eigenvalue weighted by atomic mass is 16.5. The van der Waals surface area contributed by atoms with E-state index in [-0.39, 0.29) is 0 Å². The average Bonchev–Trinajstić information content (AvgIpc) is 2.84. The molecule has 1 fully saturated rings. The Morgan fingerprint density at radius 3 is 2.92 bits per heavy atom. The molecule has 0 atom stereocenters. The van der Waals surface area contributed by atoms with Crippen molar-refractivity contribution >= 4 is 0 Å². The summed E-state index contributed by atoms with van der Waals surface area (Å²) >= 11 is 0. The fourth-order valence-electron chi connectivity index (χ4n) is 1.37. The molecule has 3 heteroatoms. The van der Waals surface area contributed by atoms with Gasteiger partial charge in [0.25, 0.3) is 0 Å². The van der Waals surface area contributed by atoms with Gasteiger partial charge >= 0.3 is 0 Å². The highest BCUT2D eigenvalue weighted by molar-refractivity contribution is 5.25. The summed E-state index contributed by atoms with van der Waals surface area (Å²) in [6.07, 6.45) is 5.95. The van der Waals surface area contributed by atoms with Gasteiger partial charge in [0.05, 0.1) is 18.9 Å². The normalized spacial score (nSPS) is 18.3. The van der Waals surface area contributed by atoms with Crippen LogP contribution in [0.4, 0.5) is 0 Å². The van der Waals surface area contributed by atoms with Crippen LogP contribution >= 0.6 is 0 Å². The number of methoxy groups -OCH3 is 1. The second-order valence-corrected chi connectivity index (χ2v) is 3.63. The van der Waals surface area contributed by atoms with Crippen molar-refractivity contribution in [3.05, 3.63) is 24.0 Å². The van der Waals surface area contributed by atoms with E-state index in [9.17, 15) is 5.11 Å². The van der Waals surface area contributed by atoms with Crippen LogP contribution in [-0.4, -0.2) is 22.8 Å². The number of hydrogen-bond acceptors (Lipinski definition) is 3. The fourth-order valence-corrected chi connectivity index (χ4v) is 1.37. The van der Waals surface area contributed by atoms with Gasteiger partial charge in [-0.05, 0) is 24.5 Å². The summed E-state index contributed by atoms with van der Waals surface area (Å²) in [5.41, 5.74) is 0.591. The minimum atomic E-state index is -0.450. The van der Waals surface area contributed by atoms with Gasteiger partial charge in [0.1, 0.15) is 5.75 Å². The zero-order chi connectivity index (χ0) is 9.31. The van der Waals surface area contributed by atoms with Gasteiger partial charge in [-0.2, -0.15) is 0 Å². The first kappa shape index (κ1) is 8.51. The Morgan fingerprint density at radius 2 is 2.31 bits per heavy atom. The van der Waals surface area contributed by atoms with Crippen LogP contribution in [0.5, 0.6) is 5.75 Å². The Labute approximate surface area is 77.4 Å². The lowest BCUT2D eigenvalue weighted by Gasteiger charge is -2.07. The lowest BCUT2D eigenvalue weighted by molar-refractivity contribution is 0.151. The van der Waals surface area contributed by atoms with Gasteiger partial charge in [-0.15, -0.1) is 0 Å². The summed E-state index contributed by atoms with van der Waals surface area (Å²) < 4.78 is 5.05. The number of rotatable bonds is 3. The third kappa shape index (κ3) is 1.98. The van der Waals surface area contributed by atoms with E-state index in [1.165, 1.54) is 0 Å². The quantitative estimate of drug-likeness (QED) is 0.757. The molecule has 1 saturated carbocycles. The monoisotopic (exact) mass is 179 g/mol. The molecule has 0 radical (unpaired) electrons. The van der Waals surface area contributed by atoms with Gasteiger partial charge in [-0.1, -0.05) is 0 Å². The highest BCUT2D eigenvalue weighted by Crippen LogP contribution is 2.38. The summed E-state index contributed by atoms with van der Waals surface area (Å²) in [4.78, 5) is 4.03. The van der Waals surface area contributed by atoms with Gasteiger partial charge < -0.3 is 9.84 Å². The molecule has 0 amide bonds. The highest BCUT2D eigenvalue weighted by Gasteiger charge is 2.40. The first-order valence-electron chi connectivity index (χ1n) is 4.42. The van der Waals surface area contributed by atoms with Crippen LogP contribution in [0.1, 0.15) is 18.4 Å². The number of nitrogens with zero attached hydrogens (tertiary/aromatic N) is 1. The molecule has 1 N–H and O–H groups in total. The van der Waals surface area contributed by atoms with Gasteiger partial charge in [-0.3, -0.25) is 4.98 Å². The van der Waals surface area contributed by atoms with Crippen molar-refractivity contribution in [1.29, 1.82) is 0 Å². The maximum atomic E-state index is 9.68. The summed E-state index contributed by atoms with van der Waals surface area (Å²) in [6, 6.07) is 1.92. The molecule has 0 aromatic carbocycles. The molecular formula is C10H13NO2. The zero-order valence-electron chi connectivity index (χ0n) is 7.66. The summed E-state index contributed by atoms with van der Waals surface area (Å²) in [5.74, 6) is 0.752. The largest absolute Gasteiger partial charge is 0.495 e. The topological polar surface area (TPSA) is 42.4 Å². The Balaban J connectivity index is 2.11. The molecule has 70 valence electrons. The summed E-state index contributed by atoms with van der Waals surface area (Å²) in [5, 5.41) is 9.68. The third-order valence-electron chi connectivity index (χ3n) is 2.37. The Hall–Kier alpha value is -1.09. The van der Waals surface area contributed by atoms with Crippen molar-refractivity contribution < 1.29 is 9.84 Å². The molecular weight excluding hydrogens is 166 g/mol. The van der Waals surface area contributed by atoms with E-state index >= 15 is 0 Å². The van der Waals surface area contributed by atoms with E-state index in [0.29, 0.717) is 6.42 Å². The molecule has 1 aliphatic carbocycles. The fraction of sp³-hybridized carbons (Fsp3) is 0.500. The van der Waals surface area contributed by atoms with E-state index in [1.54, 1.807) is 19.5 Å². The molecule has 1 aromatic heterocycles. The number of hydrogen-bond donors (Lipinski definition) is 1. The van der Waals surface area contributed by atoms with Gasteiger partial charge in [-0.25, -0.2) is 0 Å². The SMILES string of the molecule is COc1cncc(CC2(O)CC2)c1. The molecule has 1 aromatic rings. The first-order chi connectivity index (χ1) is 6.22. The molecule has 13 heavy (non-hydrogen) atoms. The minimum Gasteiger partial charge on any atom is -0.495 e. The third-order valence-corrected chi connectivity index (χ3v) is 2.37. The number of pyridine rings is 1. The lowest BCUT2D eigenvalue weighted by atomic mass is 10.1. The first-order valence-corrected chi connectivity index (χ1v) is 4.42. The standard InChI is InChI=1S/C10H13NO2/c1-13-9-4-8(6-11-7-9)5-10(12)2-3-10/h4,6-7,12H,2-3,5H2,1H3. The van der Waals surface area contributed by atoms with Crippen molar-refractivity contribution in [2.75, 3.05) is 7.11 Å². The molecule has 1 aliphatic rings. The number of ether oxygens (including phenoxy) is 1. The Kier molecular flexibility index (Phi) is 1.96. The van der Waals surface area contributed by atoms with Crippen molar-refractivity contribution in [2.24, 2.45) is 0 Å². The van der Waals surface area contributed by atoms with Crippen molar-refractivity contribution in [1.82, 2.24) is 4.98 Å². The van der Waals surface area contributed by atoms with E-state index < -0.39 is 5.60 Å². The van der Waals surface area contributed by atoms with Crippen LogP contribution in [0.2, 0.25) is 0 Å². The van der Waals surface area contributed by atoms with E-state index in [4.69, 9.17) is 4.74 Å². The summed E-state index contributed by atoms with van der Waals surface area (Å²) in [7, 11) is 1.62. The van der Waals surface area contributed by atoms with Crippen LogP contribution in [0, 0.1) is 0 Å². The predicted molar refractivity (Wildman–Crippen MR) is 48.7 cm³/mol. The van der Waals surface area contributed by atoms with Gasteiger partial charge in [0.2, 0.25) is 0 Å². The second-order valence-electron chi connectivity index (χ2n) is 3.63. The maximum Gasteiger partial charge on any atom is 0.137 e. The van der Waals surface area contributed by atoms with E-state index in [2.05, 4.69) is 4.98 Å². The van der Waals surface area contributed by atoms with E-state index in [1.807, 2.05) is 6.07 Å². The molecule has 0 unspecified atom stereocenters. The minimum absolute atomic E-state index is 0.450. The smallest absolute Gasteiger partial charge is 0.137 e. The average molecular weight is 179 g/mol. The Bertz CT molecular complexity index is 308. The molecule has 1 heterocycles. The van der Waals surface area contributed by atoms with Gasteiger partial charge in [0, 0.05) is 12.6 Å². The Morgan fingerprint density at radius 1 is 1.54 bits per heavy atom. The van der Waals surface area contributed by atoms with E-state index in [0.717, 1.165) is 24.2 Å². The van der Waals surface area contributed by atoms with Crippen LogP contribution in [-0.2, 0) is 6.42 Å². The van der Waals surface area contributed by atoms with Gasteiger partial charge in [0.15, 0.2) is 0 Å².